The smallest absolute Gasteiger partial charge is 0.292 e. The highest BCUT2D eigenvalue weighted by molar-refractivity contribution is 5.92. The van der Waals surface area contributed by atoms with Crippen LogP contribution in [-0.4, -0.2) is 47.1 Å². The first-order valence-corrected chi connectivity index (χ1v) is 6.22. The molecule has 1 aliphatic rings. The summed E-state index contributed by atoms with van der Waals surface area (Å²) in [7, 11) is 0. The third kappa shape index (κ3) is 2.48. The van der Waals surface area contributed by atoms with Gasteiger partial charge in [0.05, 0.1) is 0 Å². The van der Waals surface area contributed by atoms with Crippen LogP contribution in [0.1, 0.15) is 10.6 Å². The Kier molecular flexibility index (Phi) is 3.24. The zero-order valence-corrected chi connectivity index (χ0v) is 10.4. The summed E-state index contributed by atoms with van der Waals surface area (Å²) in [5, 5.41) is 7.14. The molecule has 0 spiro atoms. The first kappa shape index (κ1) is 11.9. The number of hydrogen-bond acceptors (Lipinski definition) is 5. The van der Waals surface area contributed by atoms with Crippen molar-refractivity contribution in [2.75, 3.05) is 26.2 Å². The zero-order valence-electron chi connectivity index (χ0n) is 10.4. The molecule has 0 saturated carbocycles. The SMILES string of the molecule is O=C(c1cc(-c2ccncc2)no1)N1CCNCC1. The summed E-state index contributed by atoms with van der Waals surface area (Å²) in [6.07, 6.45) is 3.36. The summed E-state index contributed by atoms with van der Waals surface area (Å²) < 4.78 is 5.15. The molecule has 1 fully saturated rings. The van der Waals surface area contributed by atoms with Gasteiger partial charge in [-0.05, 0) is 12.1 Å². The summed E-state index contributed by atoms with van der Waals surface area (Å²) >= 11 is 0. The summed E-state index contributed by atoms with van der Waals surface area (Å²) in [4.78, 5) is 17.9. The molecule has 3 heterocycles. The van der Waals surface area contributed by atoms with Crippen LogP contribution in [0.2, 0.25) is 0 Å². The summed E-state index contributed by atoms with van der Waals surface area (Å²) in [5.74, 6) is 0.183. The quantitative estimate of drug-likeness (QED) is 0.862. The van der Waals surface area contributed by atoms with Crippen molar-refractivity contribution in [2.45, 2.75) is 0 Å². The number of rotatable bonds is 2. The molecule has 0 atom stereocenters. The molecular formula is C13H14N4O2. The number of nitrogens with one attached hydrogen (secondary N) is 1. The van der Waals surface area contributed by atoms with E-state index in [1.807, 2.05) is 12.1 Å². The van der Waals surface area contributed by atoms with E-state index in [0.29, 0.717) is 18.8 Å². The van der Waals surface area contributed by atoms with Crippen molar-refractivity contribution < 1.29 is 9.32 Å². The van der Waals surface area contributed by atoms with Crippen LogP contribution in [0.15, 0.2) is 35.1 Å². The largest absolute Gasteiger partial charge is 0.350 e. The van der Waals surface area contributed by atoms with E-state index in [1.165, 1.54) is 0 Å². The standard InChI is InChI=1S/C13H14N4O2/c18-13(17-7-5-15-6-8-17)12-9-11(16-19-12)10-1-3-14-4-2-10/h1-4,9,15H,5-8H2. The van der Waals surface area contributed by atoms with Crippen molar-refractivity contribution in [3.63, 3.8) is 0 Å². The van der Waals surface area contributed by atoms with E-state index in [-0.39, 0.29) is 11.7 Å². The van der Waals surface area contributed by atoms with Crippen LogP contribution in [0.3, 0.4) is 0 Å². The van der Waals surface area contributed by atoms with E-state index in [9.17, 15) is 4.79 Å². The van der Waals surface area contributed by atoms with Crippen molar-refractivity contribution in [3.05, 3.63) is 36.4 Å². The second-order valence-corrected chi connectivity index (χ2v) is 4.35. The lowest BCUT2D eigenvalue weighted by atomic mass is 10.2. The van der Waals surface area contributed by atoms with Gasteiger partial charge in [0.2, 0.25) is 5.76 Å². The second-order valence-electron chi connectivity index (χ2n) is 4.35. The molecule has 2 aromatic rings. The van der Waals surface area contributed by atoms with Gasteiger partial charge >= 0.3 is 0 Å². The molecule has 0 unspecified atom stereocenters. The normalized spacial score (nSPS) is 15.5. The molecule has 0 radical (unpaired) electrons. The molecule has 0 aliphatic carbocycles. The predicted octanol–water partition coefficient (Wildman–Crippen LogP) is 0.782. The van der Waals surface area contributed by atoms with Gasteiger partial charge in [-0.2, -0.15) is 0 Å². The van der Waals surface area contributed by atoms with Crippen LogP contribution in [-0.2, 0) is 0 Å². The first-order chi connectivity index (χ1) is 9.34. The van der Waals surface area contributed by atoms with Crippen LogP contribution >= 0.6 is 0 Å². The molecule has 6 nitrogen and oxygen atoms in total. The average Bonchev–Trinajstić information content (AvgIpc) is 2.98. The highest BCUT2D eigenvalue weighted by Gasteiger charge is 2.22. The van der Waals surface area contributed by atoms with Gasteiger partial charge in [0, 0.05) is 50.2 Å². The molecule has 98 valence electrons. The van der Waals surface area contributed by atoms with Crippen LogP contribution < -0.4 is 5.32 Å². The Morgan fingerprint density at radius 2 is 2.00 bits per heavy atom. The summed E-state index contributed by atoms with van der Waals surface area (Å²) in [6, 6.07) is 5.34. The predicted molar refractivity (Wildman–Crippen MR) is 68.5 cm³/mol. The summed E-state index contributed by atoms with van der Waals surface area (Å²) in [5.41, 5.74) is 1.54. The van der Waals surface area contributed by atoms with E-state index in [4.69, 9.17) is 4.52 Å². The fourth-order valence-electron chi connectivity index (χ4n) is 2.06. The monoisotopic (exact) mass is 258 g/mol. The van der Waals surface area contributed by atoms with Gasteiger partial charge in [0.15, 0.2) is 0 Å². The van der Waals surface area contributed by atoms with Crippen LogP contribution in [0.25, 0.3) is 11.3 Å². The third-order valence-electron chi connectivity index (χ3n) is 3.10. The van der Waals surface area contributed by atoms with Gasteiger partial charge in [-0.3, -0.25) is 9.78 Å². The Hall–Kier alpha value is -2.21. The molecule has 6 heteroatoms. The van der Waals surface area contributed by atoms with Crippen LogP contribution in [0.4, 0.5) is 0 Å². The van der Waals surface area contributed by atoms with E-state index < -0.39 is 0 Å². The molecule has 19 heavy (non-hydrogen) atoms. The zero-order chi connectivity index (χ0) is 13.1. The number of pyridine rings is 1. The summed E-state index contributed by atoms with van der Waals surface area (Å²) in [6.45, 7) is 3.03. The van der Waals surface area contributed by atoms with E-state index in [0.717, 1.165) is 18.7 Å². The van der Waals surface area contributed by atoms with Gasteiger partial charge in [0.25, 0.3) is 5.91 Å². The Morgan fingerprint density at radius 3 is 2.74 bits per heavy atom. The van der Waals surface area contributed by atoms with Gasteiger partial charge in [0.1, 0.15) is 5.69 Å². The Labute approximate surface area is 110 Å². The molecular weight excluding hydrogens is 244 g/mol. The lowest BCUT2D eigenvalue weighted by Gasteiger charge is -2.26. The molecule has 0 aromatic carbocycles. The second kappa shape index (κ2) is 5.19. The van der Waals surface area contributed by atoms with Crippen molar-refractivity contribution in [1.82, 2.24) is 20.4 Å². The molecule has 3 rings (SSSR count). The number of piperazine rings is 1. The van der Waals surface area contributed by atoms with Crippen molar-refractivity contribution in [3.8, 4) is 11.3 Å². The number of amides is 1. The third-order valence-corrected chi connectivity index (χ3v) is 3.10. The number of hydrogen-bond donors (Lipinski definition) is 1. The highest BCUT2D eigenvalue weighted by Crippen LogP contribution is 2.19. The molecule has 1 amide bonds. The highest BCUT2D eigenvalue weighted by atomic mass is 16.5. The van der Waals surface area contributed by atoms with Crippen molar-refractivity contribution in [2.24, 2.45) is 0 Å². The fraction of sp³-hybridized carbons (Fsp3) is 0.308. The number of nitrogens with zero attached hydrogens (tertiary/aromatic N) is 3. The maximum Gasteiger partial charge on any atom is 0.292 e. The van der Waals surface area contributed by atoms with E-state index in [2.05, 4.69) is 15.5 Å². The molecule has 1 aliphatic heterocycles. The van der Waals surface area contributed by atoms with Crippen LogP contribution in [0, 0.1) is 0 Å². The van der Waals surface area contributed by atoms with Crippen molar-refractivity contribution in [1.29, 1.82) is 0 Å². The van der Waals surface area contributed by atoms with E-state index >= 15 is 0 Å². The minimum absolute atomic E-state index is 0.102. The number of carbonyl (C=O) groups excluding carboxylic acids is 1. The Bertz CT molecular complexity index is 561. The number of aromatic nitrogens is 2. The lowest BCUT2D eigenvalue weighted by Crippen LogP contribution is -2.46. The lowest BCUT2D eigenvalue weighted by molar-refractivity contribution is 0.0694. The molecule has 0 bridgehead atoms. The minimum atomic E-state index is -0.102. The maximum absolute atomic E-state index is 12.2. The maximum atomic E-state index is 12.2. The van der Waals surface area contributed by atoms with Gasteiger partial charge in [-0.1, -0.05) is 5.16 Å². The van der Waals surface area contributed by atoms with Gasteiger partial charge < -0.3 is 14.7 Å². The number of carbonyl (C=O) groups is 1. The Morgan fingerprint density at radius 1 is 1.26 bits per heavy atom. The Balaban J connectivity index is 1.79. The topological polar surface area (TPSA) is 71.3 Å². The van der Waals surface area contributed by atoms with Crippen molar-refractivity contribution >= 4 is 5.91 Å². The molecule has 2 aromatic heterocycles. The molecule has 1 N–H and O–H groups in total. The fourth-order valence-corrected chi connectivity index (χ4v) is 2.06. The van der Waals surface area contributed by atoms with E-state index in [1.54, 1.807) is 23.4 Å². The molecule has 1 saturated heterocycles. The van der Waals surface area contributed by atoms with Gasteiger partial charge in [-0.25, -0.2) is 0 Å². The first-order valence-electron chi connectivity index (χ1n) is 6.22. The van der Waals surface area contributed by atoms with Gasteiger partial charge in [-0.15, -0.1) is 0 Å². The average molecular weight is 258 g/mol. The van der Waals surface area contributed by atoms with Crippen LogP contribution in [0.5, 0.6) is 0 Å². The minimum Gasteiger partial charge on any atom is -0.350 e.